The number of rotatable bonds is 2. The highest BCUT2D eigenvalue weighted by molar-refractivity contribution is 5.82. The lowest BCUT2D eigenvalue weighted by molar-refractivity contribution is 0.467. The van der Waals surface area contributed by atoms with Crippen LogP contribution in [-0.4, -0.2) is 7.05 Å². The first-order chi connectivity index (χ1) is 7.93. The minimum atomic E-state index is 0.109. The molecule has 0 saturated heterocycles. The molecule has 1 heterocycles. The highest BCUT2D eigenvalue weighted by Crippen LogP contribution is 2.33. The van der Waals surface area contributed by atoms with E-state index in [0.29, 0.717) is 0 Å². The van der Waals surface area contributed by atoms with Crippen molar-refractivity contribution in [1.82, 2.24) is 5.32 Å². The minimum Gasteiger partial charge on any atom is -0.459 e. The van der Waals surface area contributed by atoms with E-state index in [1.54, 1.807) is 0 Å². The monoisotopic (exact) mass is 231 g/mol. The summed E-state index contributed by atoms with van der Waals surface area (Å²) in [4.78, 5) is 0. The number of para-hydroxylation sites is 1. The van der Waals surface area contributed by atoms with Gasteiger partial charge in [0.1, 0.15) is 11.3 Å². The van der Waals surface area contributed by atoms with Crippen LogP contribution in [0.25, 0.3) is 11.0 Å². The van der Waals surface area contributed by atoms with Crippen LogP contribution >= 0.6 is 0 Å². The third kappa shape index (κ3) is 2.22. The van der Waals surface area contributed by atoms with Crippen molar-refractivity contribution in [3.8, 4) is 0 Å². The maximum atomic E-state index is 6.02. The van der Waals surface area contributed by atoms with E-state index in [2.05, 4.69) is 57.3 Å². The molecule has 0 fully saturated rings. The molecule has 0 aliphatic carbocycles. The van der Waals surface area contributed by atoms with Gasteiger partial charge in [0, 0.05) is 10.9 Å². The van der Waals surface area contributed by atoms with E-state index in [1.165, 1.54) is 10.9 Å². The second-order valence-electron chi connectivity index (χ2n) is 5.63. The van der Waals surface area contributed by atoms with Crippen molar-refractivity contribution < 1.29 is 4.42 Å². The lowest BCUT2D eigenvalue weighted by atomic mass is 9.86. The van der Waals surface area contributed by atoms with Gasteiger partial charge in [-0.1, -0.05) is 39.0 Å². The molecule has 17 heavy (non-hydrogen) atoms. The zero-order valence-electron chi connectivity index (χ0n) is 11.3. The first-order valence-corrected chi connectivity index (χ1v) is 6.13. The molecule has 0 aliphatic heterocycles. The molecule has 2 nitrogen and oxygen atoms in total. The van der Waals surface area contributed by atoms with Gasteiger partial charge in [-0.25, -0.2) is 0 Å². The van der Waals surface area contributed by atoms with E-state index >= 15 is 0 Å². The van der Waals surface area contributed by atoms with Gasteiger partial charge >= 0.3 is 0 Å². The van der Waals surface area contributed by atoms with Crippen molar-refractivity contribution in [3.05, 3.63) is 35.6 Å². The highest BCUT2D eigenvalue weighted by Gasteiger charge is 2.20. The van der Waals surface area contributed by atoms with Crippen molar-refractivity contribution in [2.75, 3.05) is 7.05 Å². The van der Waals surface area contributed by atoms with Gasteiger partial charge in [-0.15, -0.1) is 0 Å². The molecule has 1 N–H and O–H groups in total. The largest absolute Gasteiger partial charge is 0.459 e. The van der Waals surface area contributed by atoms with E-state index in [-0.39, 0.29) is 11.5 Å². The second-order valence-corrected chi connectivity index (χ2v) is 5.63. The van der Waals surface area contributed by atoms with Gasteiger partial charge in [0.05, 0.1) is 6.04 Å². The molecule has 0 saturated carbocycles. The third-order valence-corrected chi connectivity index (χ3v) is 3.23. The van der Waals surface area contributed by atoms with Crippen LogP contribution in [0, 0.1) is 0 Å². The van der Waals surface area contributed by atoms with Crippen LogP contribution in [-0.2, 0) is 5.41 Å². The Hall–Kier alpha value is -1.28. The number of hydrogen-bond donors (Lipinski definition) is 1. The van der Waals surface area contributed by atoms with Crippen LogP contribution in [0.2, 0.25) is 0 Å². The first kappa shape index (κ1) is 12.2. The smallest absolute Gasteiger partial charge is 0.138 e. The molecular weight excluding hydrogens is 210 g/mol. The Labute approximate surface area is 103 Å². The van der Waals surface area contributed by atoms with Crippen LogP contribution in [0.5, 0.6) is 0 Å². The Bertz CT molecular complexity index is 519. The van der Waals surface area contributed by atoms with E-state index in [9.17, 15) is 0 Å². The molecule has 1 unspecified atom stereocenters. The number of furan rings is 1. The summed E-state index contributed by atoms with van der Waals surface area (Å²) in [6, 6.07) is 8.74. The molecule has 0 radical (unpaired) electrons. The molecule has 1 aromatic heterocycles. The Morgan fingerprint density at radius 3 is 2.53 bits per heavy atom. The molecule has 1 atom stereocenters. The number of benzene rings is 1. The van der Waals surface area contributed by atoms with Gasteiger partial charge in [-0.3, -0.25) is 0 Å². The van der Waals surface area contributed by atoms with Crippen LogP contribution in [0.4, 0.5) is 0 Å². The Morgan fingerprint density at radius 2 is 1.94 bits per heavy atom. The summed E-state index contributed by atoms with van der Waals surface area (Å²) < 4.78 is 6.02. The molecule has 2 rings (SSSR count). The van der Waals surface area contributed by atoms with Crippen molar-refractivity contribution in [3.63, 3.8) is 0 Å². The summed E-state index contributed by atoms with van der Waals surface area (Å²) >= 11 is 0. The van der Waals surface area contributed by atoms with Crippen molar-refractivity contribution in [1.29, 1.82) is 0 Å². The summed E-state index contributed by atoms with van der Waals surface area (Å²) in [5, 5.41) is 4.40. The van der Waals surface area contributed by atoms with E-state index in [1.807, 2.05) is 7.05 Å². The van der Waals surface area contributed by atoms with Gasteiger partial charge in [-0.05, 0) is 25.5 Å². The summed E-state index contributed by atoms with van der Waals surface area (Å²) in [7, 11) is 1.95. The SMILES string of the molecule is CNC(C)c1cc2cccc(C(C)(C)C)c2o1. The summed E-state index contributed by atoms with van der Waals surface area (Å²) in [5.74, 6) is 0.999. The normalized spacial score (nSPS) is 14.2. The molecule has 0 bridgehead atoms. The van der Waals surface area contributed by atoms with E-state index < -0.39 is 0 Å². The maximum absolute atomic E-state index is 6.02. The Balaban J connectivity index is 2.61. The zero-order chi connectivity index (χ0) is 12.6. The molecule has 2 aromatic rings. The molecule has 92 valence electrons. The fourth-order valence-electron chi connectivity index (χ4n) is 2.03. The Morgan fingerprint density at radius 1 is 1.24 bits per heavy atom. The molecule has 0 spiro atoms. The molecule has 0 amide bonds. The first-order valence-electron chi connectivity index (χ1n) is 6.13. The summed E-state index contributed by atoms with van der Waals surface area (Å²) in [5.41, 5.74) is 2.40. The highest BCUT2D eigenvalue weighted by atomic mass is 16.3. The van der Waals surface area contributed by atoms with Crippen molar-refractivity contribution in [2.24, 2.45) is 0 Å². The second kappa shape index (κ2) is 4.19. The fraction of sp³-hybridized carbons (Fsp3) is 0.467. The molecule has 0 aliphatic rings. The van der Waals surface area contributed by atoms with Gasteiger partial charge in [0.2, 0.25) is 0 Å². The standard InChI is InChI=1S/C15H21NO/c1-10(16-5)13-9-11-7-6-8-12(14(11)17-13)15(2,3)4/h6-10,16H,1-5H3. The van der Waals surface area contributed by atoms with Gasteiger partial charge in [0.15, 0.2) is 0 Å². The zero-order valence-corrected chi connectivity index (χ0v) is 11.3. The van der Waals surface area contributed by atoms with Crippen LogP contribution in [0.15, 0.2) is 28.7 Å². The van der Waals surface area contributed by atoms with Crippen LogP contribution in [0.1, 0.15) is 45.1 Å². The predicted octanol–water partition coefficient (Wildman–Crippen LogP) is 4.01. The van der Waals surface area contributed by atoms with E-state index in [0.717, 1.165) is 11.3 Å². The van der Waals surface area contributed by atoms with E-state index in [4.69, 9.17) is 4.42 Å². The number of hydrogen-bond acceptors (Lipinski definition) is 2. The maximum Gasteiger partial charge on any atom is 0.138 e. The average molecular weight is 231 g/mol. The van der Waals surface area contributed by atoms with Gasteiger partial charge in [-0.2, -0.15) is 0 Å². The lowest BCUT2D eigenvalue weighted by Gasteiger charge is -2.18. The average Bonchev–Trinajstić information content (AvgIpc) is 2.69. The molecule has 2 heteroatoms. The summed E-state index contributed by atoms with van der Waals surface area (Å²) in [6.45, 7) is 8.75. The van der Waals surface area contributed by atoms with Crippen LogP contribution < -0.4 is 5.32 Å². The molecular formula is C15H21NO. The number of nitrogens with one attached hydrogen (secondary N) is 1. The quantitative estimate of drug-likeness (QED) is 0.844. The van der Waals surface area contributed by atoms with Crippen LogP contribution in [0.3, 0.4) is 0 Å². The van der Waals surface area contributed by atoms with Gasteiger partial charge in [0.25, 0.3) is 0 Å². The number of fused-ring (bicyclic) bond motifs is 1. The van der Waals surface area contributed by atoms with Gasteiger partial charge < -0.3 is 9.73 Å². The lowest BCUT2D eigenvalue weighted by Crippen LogP contribution is -2.11. The minimum absolute atomic E-state index is 0.109. The Kier molecular flexibility index (Phi) is 3.00. The van der Waals surface area contributed by atoms with Crippen molar-refractivity contribution >= 4 is 11.0 Å². The third-order valence-electron chi connectivity index (χ3n) is 3.23. The molecule has 1 aromatic carbocycles. The predicted molar refractivity (Wildman–Crippen MR) is 72.4 cm³/mol. The van der Waals surface area contributed by atoms with Crippen molar-refractivity contribution in [2.45, 2.75) is 39.2 Å². The fourth-order valence-corrected chi connectivity index (χ4v) is 2.03. The topological polar surface area (TPSA) is 25.2 Å². The summed E-state index contributed by atoms with van der Waals surface area (Å²) in [6.07, 6.45) is 0.